The van der Waals surface area contributed by atoms with Crippen molar-refractivity contribution in [3.63, 3.8) is 0 Å². The summed E-state index contributed by atoms with van der Waals surface area (Å²) in [5.41, 5.74) is 2.64. The van der Waals surface area contributed by atoms with Crippen molar-refractivity contribution in [2.75, 3.05) is 13.1 Å². The fraction of sp³-hybridized carbons (Fsp3) is 0.464. The number of piperidine rings is 1. The van der Waals surface area contributed by atoms with Crippen molar-refractivity contribution in [3.8, 4) is 0 Å². The van der Waals surface area contributed by atoms with Crippen molar-refractivity contribution in [1.82, 2.24) is 25.1 Å². The topological polar surface area (TPSA) is 88.5 Å². The molecule has 1 aliphatic rings. The molecule has 8 nitrogen and oxygen atoms in total. The second kappa shape index (κ2) is 11.1. The molecular formula is C28H37N5O3. The number of likely N-dealkylation sites (tertiary alicyclic amines) is 1. The first-order chi connectivity index (χ1) is 17.2. The Morgan fingerprint density at radius 3 is 2.58 bits per heavy atom. The Hall–Kier alpha value is -3.39. The Labute approximate surface area is 213 Å². The first-order valence-electron chi connectivity index (χ1n) is 12.6. The number of hydrogen-bond acceptors (Lipinski definition) is 5. The number of amides is 2. The highest BCUT2D eigenvalue weighted by molar-refractivity contribution is 5.88. The number of carbonyl (C=O) groups excluding carboxylic acids is 2. The first kappa shape index (κ1) is 25.7. The quantitative estimate of drug-likeness (QED) is 0.525. The summed E-state index contributed by atoms with van der Waals surface area (Å²) < 4.78 is 7.51. The molecule has 1 saturated heterocycles. The molecule has 1 aliphatic heterocycles. The minimum atomic E-state index is -0.737. The fourth-order valence-corrected chi connectivity index (χ4v) is 4.75. The van der Waals surface area contributed by atoms with Gasteiger partial charge in [0.2, 0.25) is 5.91 Å². The molecule has 0 radical (unpaired) electrons. The SMILES string of the molecule is Cn1cc(C[C@@H](NC(=O)OC(C)(C)C)C(=O)NC2CCN(Cc3cccnc3)CC2)c2ccccc21. The molecule has 192 valence electrons. The summed E-state index contributed by atoms with van der Waals surface area (Å²) in [4.78, 5) is 32.6. The van der Waals surface area contributed by atoms with Crippen LogP contribution in [-0.4, -0.2) is 57.2 Å². The van der Waals surface area contributed by atoms with E-state index in [1.54, 1.807) is 6.20 Å². The summed E-state index contributed by atoms with van der Waals surface area (Å²) in [5.74, 6) is -0.181. The summed E-state index contributed by atoms with van der Waals surface area (Å²) in [6.45, 7) is 8.09. The van der Waals surface area contributed by atoms with Crippen molar-refractivity contribution < 1.29 is 14.3 Å². The molecule has 2 N–H and O–H groups in total. The monoisotopic (exact) mass is 491 g/mol. The predicted molar refractivity (Wildman–Crippen MR) is 140 cm³/mol. The second-order valence-corrected chi connectivity index (χ2v) is 10.6. The molecule has 3 aromatic rings. The van der Waals surface area contributed by atoms with Gasteiger partial charge in [-0.1, -0.05) is 24.3 Å². The maximum atomic E-state index is 13.4. The molecule has 8 heteroatoms. The predicted octanol–water partition coefficient (Wildman–Crippen LogP) is 3.79. The zero-order valence-corrected chi connectivity index (χ0v) is 21.7. The van der Waals surface area contributed by atoms with E-state index in [1.807, 2.05) is 69.0 Å². The van der Waals surface area contributed by atoms with Crippen LogP contribution in [0.25, 0.3) is 10.9 Å². The van der Waals surface area contributed by atoms with Gasteiger partial charge in [-0.15, -0.1) is 0 Å². The number of benzene rings is 1. The summed E-state index contributed by atoms with van der Waals surface area (Å²) in [6.07, 6.45) is 7.22. The standard InChI is InChI=1S/C28H37N5O3/c1-28(2,3)36-27(35)31-24(16-21-19-32(4)25-10-6-5-9-23(21)25)26(34)30-22-11-14-33(15-12-22)18-20-8-7-13-29-17-20/h5-10,13,17,19,22,24H,11-12,14-16,18H2,1-4H3,(H,30,34)(H,31,35)/t24-/m1/s1. The van der Waals surface area contributed by atoms with E-state index in [1.165, 1.54) is 5.56 Å². The van der Waals surface area contributed by atoms with Gasteiger partial charge in [0.15, 0.2) is 0 Å². The van der Waals surface area contributed by atoms with Gasteiger partial charge < -0.3 is 19.9 Å². The Balaban J connectivity index is 1.41. The Morgan fingerprint density at radius 1 is 1.14 bits per heavy atom. The highest BCUT2D eigenvalue weighted by Crippen LogP contribution is 2.22. The Bertz CT molecular complexity index is 1180. The average molecular weight is 492 g/mol. The number of hydrogen-bond donors (Lipinski definition) is 2. The van der Waals surface area contributed by atoms with Gasteiger partial charge in [-0.25, -0.2) is 4.79 Å². The van der Waals surface area contributed by atoms with Crippen LogP contribution in [0.15, 0.2) is 55.0 Å². The molecule has 36 heavy (non-hydrogen) atoms. The zero-order valence-electron chi connectivity index (χ0n) is 21.7. The van der Waals surface area contributed by atoms with Gasteiger partial charge in [-0.3, -0.25) is 14.7 Å². The molecule has 1 atom stereocenters. The third kappa shape index (κ3) is 6.85. The molecule has 1 fully saturated rings. The highest BCUT2D eigenvalue weighted by Gasteiger charge is 2.28. The number of fused-ring (bicyclic) bond motifs is 1. The largest absolute Gasteiger partial charge is 0.444 e. The third-order valence-corrected chi connectivity index (χ3v) is 6.47. The summed E-state index contributed by atoms with van der Waals surface area (Å²) in [6, 6.07) is 11.4. The van der Waals surface area contributed by atoms with Crippen molar-refractivity contribution in [1.29, 1.82) is 0 Å². The second-order valence-electron chi connectivity index (χ2n) is 10.6. The number of nitrogens with zero attached hydrogens (tertiary/aromatic N) is 3. The van der Waals surface area contributed by atoms with Crippen molar-refractivity contribution in [3.05, 3.63) is 66.1 Å². The van der Waals surface area contributed by atoms with E-state index < -0.39 is 17.7 Å². The van der Waals surface area contributed by atoms with Crippen LogP contribution in [0.1, 0.15) is 44.7 Å². The number of aromatic nitrogens is 2. The molecule has 0 bridgehead atoms. The molecule has 0 spiro atoms. The Morgan fingerprint density at radius 2 is 1.89 bits per heavy atom. The van der Waals surface area contributed by atoms with Gasteiger partial charge >= 0.3 is 6.09 Å². The maximum absolute atomic E-state index is 13.4. The number of ether oxygens (including phenoxy) is 1. The first-order valence-corrected chi connectivity index (χ1v) is 12.6. The van der Waals surface area contributed by atoms with Gasteiger partial charge in [0, 0.05) is 68.6 Å². The van der Waals surface area contributed by atoms with Gasteiger partial charge in [0.25, 0.3) is 0 Å². The molecule has 2 amide bonds. The fourth-order valence-electron chi connectivity index (χ4n) is 4.75. The van der Waals surface area contributed by atoms with Crippen LogP contribution in [0.3, 0.4) is 0 Å². The van der Waals surface area contributed by atoms with Crippen LogP contribution in [0.2, 0.25) is 0 Å². The molecule has 0 unspecified atom stereocenters. The number of alkyl carbamates (subject to hydrolysis) is 1. The van der Waals surface area contributed by atoms with Crippen LogP contribution in [0.4, 0.5) is 4.79 Å². The summed E-state index contributed by atoms with van der Waals surface area (Å²) >= 11 is 0. The van der Waals surface area contributed by atoms with Crippen LogP contribution in [0, 0.1) is 0 Å². The molecule has 0 saturated carbocycles. The van der Waals surface area contributed by atoms with Crippen LogP contribution >= 0.6 is 0 Å². The number of nitrogens with one attached hydrogen (secondary N) is 2. The lowest BCUT2D eigenvalue weighted by Crippen LogP contribution is -2.53. The zero-order chi connectivity index (χ0) is 25.7. The molecule has 0 aliphatic carbocycles. The molecular weight excluding hydrogens is 454 g/mol. The minimum Gasteiger partial charge on any atom is -0.444 e. The van der Waals surface area contributed by atoms with E-state index in [4.69, 9.17) is 4.74 Å². The lowest BCUT2D eigenvalue weighted by atomic mass is 10.0. The van der Waals surface area contributed by atoms with Gasteiger partial charge in [0.1, 0.15) is 11.6 Å². The summed E-state index contributed by atoms with van der Waals surface area (Å²) in [7, 11) is 1.99. The Kier molecular flexibility index (Phi) is 7.94. The molecule has 4 rings (SSSR count). The van der Waals surface area contributed by atoms with Gasteiger partial charge in [0.05, 0.1) is 0 Å². The van der Waals surface area contributed by atoms with Crippen molar-refractivity contribution in [2.45, 2.75) is 64.3 Å². The number of carbonyl (C=O) groups is 2. The van der Waals surface area contributed by atoms with E-state index >= 15 is 0 Å². The van der Waals surface area contributed by atoms with E-state index in [2.05, 4.69) is 32.7 Å². The van der Waals surface area contributed by atoms with Crippen LogP contribution in [0.5, 0.6) is 0 Å². The maximum Gasteiger partial charge on any atom is 0.408 e. The number of para-hydroxylation sites is 1. The van der Waals surface area contributed by atoms with Crippen molar-refractivity contribution >= 4 is 22.9 Å². The smallest absolute Gasteiger partial charge is 0.408 e. The molecule has 2 aromatic heterocycles. The van der Waals surface area contributed by atoms with E-state index in [9.17, 15) is 9.59 Å². The number of rotatable bonds is 7. The van der Waals surface area contributed by atoms with Crippen LogP contribution < -0.4 is 10.6 Å². The molecule has 1 aromatic carbocycles. The van der Waals surface area contributed by atoms with E-state index in [0.717, 1.165) is 48.9 Å². The highest BCUT2D eigenvalue weighted by atomic mass is 16.6. The number of aryl methyl sites for hydroxylation is 1. The minimum absolute atomic E-state index is 0.0677. The average Bonchev–Trinajstić information content (AvgIpc) is 3.15. The summed E-state index contributed by atoms with van der Waals surface area (Å²) in [5, 5.41) is 7.10. The van der Waals surface area contributed by atoms with Gasteiger partial charge in [-0.2, -0.15) is 0 Å². The van der Waals surface area contributed by atoms with E-state index in [0.29, 0.717) is 6.42 Å². The lowest BCUT2D eigenvalue weighted by Gasteiger charge is -2.33. The number of pyridine rings is 1. The van der Waals surface area contributed by atoms with Crippen molar-refractivity contribution in [2.24, 2.45) is 7.05 Å². The lowest BCUT2D eigenvalue weighted by molar-refractivity contribution is -0.124. The third-order valence-electron chi connectivity index (χ3n) is 6.47. The molecule has 3 heterocycles. The van der Waals surface area contributed by atoms with Crippen LogP contribution in [-0.2, 0) is 29.5 Å². The van der Waals surface area contributed by atoms with Gasteiger partial charge in [-0.05, 0) is 56.9 Å². The normalized spacial score (nSPS) is 16.0. The van der Waals surface area contributed by atoms with E-state index in [-0.39, 0.29) is 11.9 Å².